The van der Waals surface area contributed by atoms with Crippen molar-refractivity contribution < 1.29 is 9.59 Å². The van der Waals surface area contributed by atoms with Crippen molar-refractivity contribution in [2.75, 3.05) is 44.7 Å². The number of hydrogen-bond acceptors (Lipinski definition) is 4. The summed E-state index contributed by atoms with van der Waals surface area (Å²) in [4.78, 5) is 28.9. The normalized spacial score (nSPS) is 18.1. The van der Waals surface area contributed by atoms with Gasteiger partial charge < -0.3 is 25.8 Å². The predicted molar refractivity (Wildman–Crippen MR) is 121 cm³/mol. The van der Waals surface area contributed by atoms with Gasteiger partial charge in [0.2, 0.25) is 5.91 Å². The molecule has 0 aromatic heterocycles. The van der Waals surface area contributed by atoms with Crippen LogP contribution >= 0.6 is 0 Å². The summed E-state index contributed by atoms with van der Waals surface area (Å²) in [6.45, 7) is 5.19. The minimum absolute atomic E-state index is 0.0256. The van der Waals surface area contributed by atoms with Crippen LogP contribution in [-0.4, -0.2) is 62.7 Å². The summed E-state index contributed by atoms with van der Waals surface area (Å²) in [5, 5.41) is 8.95. The summed E-state index contributed by atoms with van der Waals surface area (Å²) in [5.41, 5.74) is 2.37. The van der Waals surface area contributed by atoms with Gasteiger partial charge in [0.05, 0.1) is 0 Å². The number of anilines is 1. The van der Waals surface area contributed by atoms with Gasteiger partial charge in [-0.05, 0) is 37.9 Å². The molecule has 30 heavy (non-hydrogen) atoms. The van der Waals surface area contributed by atoms with E-state index < -0.39 is 0 Å². The standard InChI is InChI=1S/C23H37N5O2/c1-27-14-16-28(17-15-27)21-11-6-5-8-19(21)18-25-22(29)12-7-13-24-23(30)26-20-9-3-2-4-10-20/h5-6,8,11,20H,2-4,7,9-10,12-18H2,1H3,(H,25,29)(H2,24,26,30). The average Bonchev–Trinajstić information content (AvgIpc) is 2.77. The molecule has 3 N–H and O–H groups in total. The Kier molecular flexibility index (Phi) is 8.81. The Hall–Kier alpha value is -2.28. The minimum atomic E-state index is -0.108. The van der Waals surface area contributed by atoms with Gasteiger partial charge in [-0.25, -0.2) is 4.79 Å². The monoisotopic (exact) mass is 415 g/mol. The molecule has 1 saturated heterocycles. The molecule has 2 fully saturated rings. The average molecular weight is 416 g/mol. The largest absolute Gasteiger partial charge is 0.369 e. The van der Waals surface area contributed by atoms with Crippen LogP contribution in [0.3, 0.4) is 0 Å². The van der Waals surface area contributed by atoms with Crippen molar-refractivity contribution in [2.45, 2.75) is 57.5 Å². The summed E-state index contributed by atoms with van der Waals surface area (Å²) in [6, 6.07) is 8.51. The van der Waals surface area contributed by atoms with Crippen molar-refractivity contribution in [3.05, 3.63) is 29.8 Å². The molecule has 7 nitrogen and oxygen atoms in total. The lowest BCUT2D eigenvalue weighted by Gasteiger charge is -2.35. The van der Waals surface area contributed by atoms with E-state index in [1.807, 2.05) is 6.07 Å². The Morgan fingerprint density at radius 1 is 1.00 bits per heavy atom. The van der Waals surface area contributed by atoms with E-state index in [1.54, 1.807) is 0 Å². The first-order valence-electron chi connectivity index (χ1n) is 11.4. The van der Waals surface area contributed by atoms with Crippen LogP contribution in [-0.2, 0) is 11.3 Å². The molecule has 0 spiro atoms. The molecule has 7 heteroatoms. The first-order valence-corrected chi connectivity index (χ1v) is 11.4. The molecule has 166 valence electrons. The van der Waals surface area contributed by atoms with Gasteiger partial charge in [-0.2, -0.15) is 0 Å². The Bertz CT molecular complexity index is 682. The van der Waals surface area contributed by atoms with Gasteiger partial charge in [-0.1, -0.05) is 37.5 Å². The van der Waals surface area contributed by atoms with Gasteiger partial charge in [-0.3, -0.25) is 4.79 Å². The van der Waals surface area contributed by atoms with E-state index in [2.05, 4.69) is 51.0 Å². The van der Waals surface area contributed by atoms with Crippen LogP contribution in [0.25, 0.3) is 0 Å². The molecule has 3 rings (SSSR count). The number of likely N-dealkylation sites (N-methyl/N-ethyl adjacent to an activating group) is 1. The molecular weight excluding hydrogens is 378 g/mol. The van der Waals surface area contributed by atoms with Gasteiger partial charge in [-0.15, -0.1) is 0 Å². The number of para-hydroxylation sites is 1. The maximum atomic E-state index is 12.2. The van der Waals surface area contributed by atoms with E-state index in [1.165, 1.54) is 24.9 Å². The number of piperazine rings is 1. The molecule has 0 radical (unpaired) electrons. The lowest BCUT2D eigenvalue weighted by atomic mass is 9.96. The van der Waals surface area contributed by atoms with E-state index >= 15 is 0 Å². The van der Waals surface area contributed by atoms with Crippen LogP contribution in [0, 0.1) is 0 Å². The number of carbonyl (C=O) groups is 2. The zero-order valence-electron chi connectivity index (χ0n) is 18.3. The lowest BCUT2D eigenvalue weighted by Crippen LogP contribution is -2.45. The molecule has 0 unspecified atom stereocenters. The van der Waals surface area contributed by atoms with Crippen LogP contribution in [0.5, 0.6) is 0 Å². The summed E-state index contributed by atoms with van der Waals surface area (Å²) in [6.07, 6.45) is 6.88. The van der Waals surface area contributed by atoms with Crippen molar-refractivity contribution in [1.82, 2.24) is 20.9 Å². The highest BCUT2D eigenvalue weighted by Gasteiger charge is 2.17. The minimum Gasteiger partial charge on any atom is -0.369 e. The van der Waals surface area contributed by atoms with Crippen molar-refractivity contribution in [3.8, 4) is 0 Å². The van der Waals surface area contributed by atoms with Gasteiger partial charge in [0.15, 0.2) is 0 Å². The Morgan fingerprint density at radius 3 is 2.50 bits per heavy atom. The molecule has 2 aliphatic rings. The van der Waals surface area contributed by atoms with Crippen LogP contribution in [0.2, 0.25) is 0 Å². The molecule has 1 aromatic carbocycles. The summed E-state index contributed by atoms with van der Waals surface area (Å²) in [5.74, 6) is 0.0256. The van der Waals surface area contributed by atoms with E-state index in [4.69, 9.17) is 0 Å². The first-order chi connectivity index (χ1) is 14.6. The highest BCUT2D eigenvalue weighted by Crippen LogP contribution is 2.21. The SMILES string of the molecule is CN1CCN(c2ccccc2CNC(=O)CCCNC(=O)NC2CCCCC2)CC1. The highest BCUT2D eigenvalue weighted by molar-refractivity contribution is 5.76. The first kappa shape index (κ1) is 22.4. The zero-order valence-corrected chi connectivity index (χ0v) is 18.3. The summed E-state index contributed by atoms with van der Waals surface area (Å²) < 4.78 is 0. The fraction of sp³-hybridized carbons (Fsp3) is 0.652. The second kappa shape index (κ2) is 11.8. The number of urea groups is 1. The number of amides is 3. The maximum Gasteiger partial charge on any atom is 0.315 e. The molecule has 1 aliphatic heterocycles. The quantitative estimate of drug-likeness (QED) is 0.570. The molecule has 0 atom stereocenters. The van der Waals surface area contributed by atoms with Gasteiger partial charge in [0.1, 0.15) is 0 Å². The number of nitrogens with zero attached hydrogens (tertiary/aromatic N) is 2. The lowest BCUT2D eigenvalue weighted by molar-refractivity contribution is -0.121. The third-order valence-corrected chi connectivity index (χ3v) is 6.12. The van der Waals surface area contributed by atoms with Crippen LogP contribution in [0.4, 0.5) is 10.5 Å². The Labute approximate surface area is 180 Å². The Morgan fingerprint density at radius 2 is 1.73 bits per heavy atom. The van der Waals surface area contributed by atoms with Crippen LogP contribution in [0.1, 0.15) is 50.5 Å². The fourth-order valence-corrected chi connectivity index (χ4v) is 4.23. The van der Waals surface area contributed by atoms with Gasteiger partial charge in [0.25, 0.3) is 0 Å². The highest BCUT2D eigenvalue weighted by atomic mass is 16.2. The van der Waals surface area contributed by atoms with E-state index in [-0.39, 0.29) is 11.9 Å². The molecule has 1 aromatic rings. The number of carbonyl (C=O) groups excluding carboxylic acids is 2. The Balaban J connectivity index is 1.33. The summed E-state index contributed by atoms with van der Waals surface area (Å²) >= 11 is 0. The van der Waals surface area contributed by atoms with Gasteiger partial charge >= 0.3 is 6.03 Å². The molecule has 1 heterocycles. The third-order valence-electron chi connectivity index (χ3n) is 6.12. The third kappa shape index (κ3) is 7.20. The smallest absolute Gasteiger partial charge is 0.315 e. The van der Waals surface area contributed by atoms with E-state index in [0.29, 0.717) is 32.0 Å². The van der Waals surface area contributed by atoms with Crippen molar-refractivity contribution in [1.29, 1.82) is 0 Å². The zero-order chi connectivity index (χ0) is 21.2. The number of benzene rings is 1. The maximum absolute atomic E-state index is 12.2. The molecule has 1 saturated carbocycles. The molecular formula is C23H37N5O2. The van der Waals surface area contributed by atoms with Crippen molar-refractivity contribution in [3.63, 3.8) is 0 Å². The second-order valence-corrected chi connectivity index (χ2v) is 8.53. The van der Waals surface area contributed by atoms with E-state index in [9.17, 15) is 9.59 Å². The van der Waals surface area contributed by atoms with E-state index in [0.717, 1.165) is 44.6 Å². The molecule has 0 bridgehead atoms. The van der Waals surface area contributed by atoms with Gasteiger partial charge in [0, 0.05) is 57.4 Å². The molecule has 1 aliphatic carbocycles. The topological polar surface area (TPSA) is 76.7 Å². The molecule has 3 amide bonds. The fourth-order valence-electron chi connectivity index (χ4n) is 4.23. The number of nitrogens with one attached hydrogen (secondary N) is 3. The van der Waals surface area contributed by atoms with Crippen LogP contribution in [0.15, 0.2) is 24.3 Å². The predicted octanol–water partition coefficient (Wildman–Crippen LogP) is 2.47. The number of rotatable bonds is 8. The van der Waals surface area contributed by atoms with Crippen molar-refractivity contribution >= 4 is 17.6 Å². The second-order valence-electron chi connectivity index (χ2n) is 8.53. The number of hydrogen-bond donors (Lipinski definition) is 3. The summed E-state index contributed by atoms with van der Waals surface area (Å²) in [7, 11) is 2.15. The van der Waals surface area contributed by atoms with Crippen LogP contribution < -0.4 is 20.9 Å². The van der Waals surface area contributed by atoms with Crippen molar-refractivity contribution in [2.24, 2.45) is 0 Å².